The highest BCUT2D eigenvalue weighted by Crippen LogP contribution is 2.18. The number of sulfonamides is 1. The first-order valence-electron chi connectivity index (χ1n) is 7.83. The zero-order valence-corrected chi connectivity index (χ0v) is 14.5. The molecule has 0 bridgehead atoms. The van der Waals surface area contributed by atoms with Crippen molar-refractivity contribution in [2.75, 3.05) is 19.6 Å². The SMILES string of the molecule is CCCNCc1cc(S(=O)(=O)N(CC)CC(C)CC)c[nH]1. The Balaban J connectivity index is 2.81. The molecule has 0 radical (unpaired) electrons. The smallest absolute Gasteiger partial charge is 0.244 e. The van der Waals surface area contributed by atoms with Gasteiger partial charge in [-0.15, -0.1) is 0 Å². The Kier molecular flexibility index (Phi) is 7.42. The lowest BCUT2D eigenvalue weighted by Gasteiger charge is -2.22. The number of nitrogens with one attached hydrogen (secondary N) is 2. The first-order chi connectivity index (χ1) is 9.95. The number of nitrogens with zero attached hydrogens (tertiary/aromatic N) is 1. The predicted molar refractivity (Wildman–Crippen MR) is 86.7 cm³/mol. The van der Waals surface area contributed by atoms with E-state index in [1.54, 1.807) is 16.6 Å². The van der Waals surface area contributed by atoms with Gasteiger partial charge in [-0.3, -0.25) is 0 Å². The minimum Gasteiger partial charge on any atom is -0.363 e. The first kappa shape index (κ1) is 18.2. The summed E-state index contributed by atoms with van der Waals surface area (Å²) in [4.78, 5) is 3.41. The summed E-state index contributed by atoms with van der Waals surface area (Å²) >= 11 is 0. The molecule has 1 aromatic heterocycles. The van der Waals surface area contributed by atoms with Crippen molar-refractivity contribution in [3.8, 4) is 0 Å². The van der Waals surface area contributed by atoms with Crippen molar-refractivity contribution in [3.63, 3.8) is 0 Å². The molecule has 0 saturated heterocycles. The second kappa shape index (κ2) is 8.56. The lowest BCUT2D eigenvalue weighted by atomic mass is 10.1. The number of aromatic nitrogens is 1. The highest BCUT2D eigenvalue weighted by molar-refractivity contribution is 7.89. The molecular weight excluding hydrogens is 286 g/mol. The van der Waals surface area contributed by atoms with Gasteiger partial charge in [0.15, 0.2) is 0 Å². The normalized spacial score (nSPS) is 13.8. The molecule has 5 nitrogen and oxygen atoms in total. The summed E-state index contributed by atoms with van der Waals surface area (Å²) in [5.41, 5.74) is 0.904. The highest BCUT2D eigenvalue weighted by Gasteiger charge is 2.25. The van der Waals surface area contributed by atoms with Gasteiger partial charge in [-0.25, -0.2) is 8.42 Å². The summed E-state index contributed by atoms with van der Waals surface area (Å²) in [6.45, 7) is 10.8. The van der Waals surface area contributed by atoms with Gasteiger partial charge in [-0.1, -0.05) is 34.1 Å². The molecule has 2 N–H and O–H groups in total. The molecule has 0 saturated carbocycles. The fraction of sp³-hybridized carbons (Fsp3) is 0.733. The minimum absolute atomic E-state index is 0.362. The standard InChI is InChI=1S/C15H29N3O2S/c1-5-8-16-10-14-9-15(11-17-14)21(19,20)18(7-3)12-13(4)6-2/h9,11,13,16-17H,5-8,10,12H2,1-4H3. The molecule has 0 aliphatic rings. The number of H-pyrrole nitrogens is 1. The second-order valence-electron chi connectivity index (χ2n) is 5.51. The number of hydrogen-bond donors (Lipinski definition) is 2. The van der Waals surface area contributed by atoms with E-state index in [1.807, 2.05) is 6.92 Å². The van der Waals surface area contributed by atoms with E-state index < -0.39 is 10.0 Å². The summed E-state index contributed by atoms with van der Waals surface area (Å²) in [6, 6.07) is 1.73. The minimum atomic E-state index is -3.39. The Morgan fingerprint density at radius 1 is 1.33 bits per heavy atom. The molecule has 1 aromatic rings. The number of hydrogen-bond acceptors (Lipinski definition) is 3. The van der Waals surface area contributed by atoms with Crippen LogP contribution in [0.4, 0.5) is 0 Å². The monoisotopic (exact) mass is 315 g/mol. The molecule has 0 spiro atoms. The maximum absolute atomic E-state index is 12.6. The van der Waals surface area contributed by atoms with E-state index in [2.05, 4.69) is 31.1 Å². The average Bonchev–Trinajstić information content (AvgIpc) is 2.94. The van der Waals surface area contributed by atoms with Crippen LogP contribution in [0, 0.1) is 5.92 Å². The van der Waals surface area contributed by atoms with Crippen molar-refractivity contribution < 1.29 is 8.42 Å². The van der Waals surface area contributed by atoms with E-state index in [9.17, 15) is 8.42 Å². The molecule has 0 fully saturated rings. The van der Waals surface area contributed by atoms with Gasteiger partial charge in [0.25, 0.3) is 0 Å². The zero-order valence-electron chi connectivity index (χ0n) is 13.6. The van der Waals surface area contributed by atoms with E-state index in [0.717, 1.165) is 25.1 Å². The summed E-state index contributed by atoms with van der Waals surface area (Å²) in [6.07, 6.45) is 3.63. The van der Waals surface area contributed by atoms with Crippen molar-refractivity contribution in [1.29, 1.82) is 0 Å². The van der Waals surface area contributed by atoms with E-state index in [4.69, 9.17) is 0 Å². The maximum Gasteiger partial charge on any atom is 0.244 e. The van der Waals surface area contributed by atoms with Crippen molar-refractivity contribution in [2.24, 2.45) is 5.92 Å². The van der Waals surface area contributed by atoms with Gasteiger partial charge in [0.2, 0.25) is 10.0 Å². The van der Waals surface area contributed by atoms with Crippen LogP contribution in [-0.2, 0) is 16.6 Å². The molecule has 1 atom stereocenters. The zero-order chi connectivity index (χ0) is 15.9. The van der Waals surface area contributed by atoms with Gasteiger partial charge in [0, 0.05) is 31.5 Å². The van der Waals surface area contributed by atoms with Crippen LogP contribution in [0.2, 0.25) is 0 Å². The summed E-state index contributed by atoms with van der Waals surface area (Å²) in [5.74, 6) is 0.365. The molecule has 0 amide bonds. The summed E-state index contributed by atoms with van der Waals surface area (Å²) in [5, 5.41) is 3.26. The van der Waals surface area contributed by atoms with Crippen LogP contribution >= 0.6 is 0 Å². The van der Waals surface area contributed by atoms with Gasteiger partial charge in [0.1, 0.15) is 0 Å². The molecule has 21 heavy (non-hydrogen) atoms. The Morgan fingerprint density at radius 2 is 2.05 bits per heavy atom. The quantitative estimate of drug-likeness (QED) is 0.652. The first-order valence-corrected chi connectivity index (χ1v) is 9.27. The van der Waals surface area contributed by atoms with Crippen LogP contribution in [0.3, 0.4) is 0 Å². The molecular formula is C15H29N3O2S. The molecule has 1 rings (SSSR count). The molecule has 122 valence electrons. The highest BCUT2D eigenvalue weighted by atomic mass is 32.2. The molecule has 1 heterocycles. The van der Waals surface area contributed by atoms with Gasteiger partial charge in [-0.05, 0) is 24.9 Å². The fourth-order valence-electron chi connectivity index (χ4n) is 2.09. The van der Waals surface area contributed by atoms with Crippen molar-refractivity contribution in [3.05, 3.63) is 18.0 Å². The molecule has 6 heteroatoms. The lowest BCUT2D eigenvalue weighted by Crippen LogP contribution is -2.34. The largest absolute Gasteiger partial charge is 0.363 e. The van der Waals surface area contributed by atoms with Crippen LogP contribution in [-0.4, -0.2) is 37.3 Å². The Labute approximate surface area is 129 Å². The van der Waals surface area contributed by atoms with Gasteiger partial charge in [0.05, 0.1) is 4.90 Å². The summed E-state index contributed by atoms with van der Waals surface area (Å²) < 4.78 is 26.9. The van der Waals surface area contributed by atoms with Crippen LogP contribution in [0.15, 0.2) is 17.2 Å². The van der Waals surface area contributed by atoms with Gasteiger partial charge >= 0.3 is 0 Å². The van der Waals surface area contributed by atoms with Crippen LogP contribution in [0.1, 0.15) is 46.2 Å². The Hall–Kier alpha value is -0.850. The third kappa shape index (κ3) is 5.13. The van der Waals surface area contributed by atoms with Crippen LogP contribution in [0.5, 0.6) is 0 Å². The van der Waals surface area contributed by atoms with E-state index in [1.165, 1.54) is 0 Å². The van der Waals surface area contributed by atoms with Crippen molar-refractivity contribution in [1.82, 2.24) is 14.6 Å². The Bertz CT molecular complexity index is 511. The third-order valence-corrected chi connectivity index (χ3v) is 5.58. The maximum atomic E-state index is 12.6. The van der Waals surface area contributed by atoms with E-state index >= 15 is 0 Å². The van der Waals surface area contributed by atoms with Crippen LogP contribution in [0.25, 0.3) is 0 Å². The topological polar surface area (TPSA) is 65.2 Å². The number of aromatic amines is 1. The number of rotatable bonds is 10. The Morgan fingerprint density at radius 3 is 2.62 bits per heavy atom. The second-order valence-corrected chi connectivity index (χ2v) is 7.44. The van der Waals surface area contributed by atoms with Gasteiger partial charge < -0.3 is 10.3 Å². The van der Waals surface area contributed by atoms with E-state index in [-0.39, 0.29) is 0 Å². The molecule has 0 aromatic carbocycles. The third-order valence-electron chi connectivity index (χ3n) is 3.66. The average molecular weight is 315 g/mol. The molecule has 1 unspecified atom stereocenters. The van der Waals surface area contributed by atoms with Gasteiger partial charge in [-0.2, -0.15) is 4.31 Å². The molecule has 0 aliphatic heterocycles. The fourth-order valence-corrected chi connectivity index (χ4v) is 3.68. The van der Waals surface area contributed by atoms with E-state index in [0.29, 0.717) is 30.4 Å². The lowest BCUT2D eigenvalue weighted by molar-refractivity contribution is 0.361. The van der Waals surface area contributed by atoms with Crippen LogP contribution < -0.4 is 5.32 Å². The van der Waals surface area contributed by atoms with Crippen molar-refractivity contribution >= 4 is 10.0 Å². The predicted octanol–water partition coefficient (Wildman–Crippen LogP) is 2.57. The summed E-state index contributed by atoms with van der Waals surface area (Å²) in [7, 11) is -3.39. The molecule has 0 aliphatic carbocycles. The van der Waals surface area contributed by atoms with Crippen molar-refractivity contribution in [2.45, 2.75) is 52.0 Å².